The van der Waals surface area contributed by atoms with Crippen LogP contribution in [0.2, 0.25) is 0 Å². The summed E-state index contributed by atoms with van der Waals surface area (Å²) in [5.41, 5.74) is -2.31. The molecule has 34 heavy (non-hydrogen) atoms. The average Bonchev–Trinajstić information content (AvgIpc) is 3.41. The molecule has 1 aromatic heterocycles. The minimum atomic E-state index is -4.86. The van der Waals surface area contributed by atoms with Crippen LogP contribution in [0, 0.1) is 5.82 Å². The van der Waals surface area contributed by atoms with Crippen LogP contribution in [0.1, 0.15) is 18.4 Å². The molecule has 0 unspecified atom stereocenters. The molecule has 2 aromatic carbocycles. The molecule has 0 saturated carbocycles. The smallest absolute Gasteiger partial charge is 0.336 e. The molecule has 2 aliphatic heterocycles. The molecule has 2 atom stereocenters. The molecule has 178 valence electrons. The first-order chi connectivity index (χ1) is 16.2. The lowest BCUT2D eigenvalue weighted by molar-refractivity contribution is -0.215. The summed E-state index contributed by atoms with van der Waals surface area (Å²) in [6.45, 7) is 0.366. The number of benzene rings is 2. The van der Waals surface area contributed by atoms with E-state index in [2.05, 4.69) is 20.9 Å². The average molecular weight is 493 g/mol. The molecule has 5 rings (SSSR count). The Hall–Kier alpha value is -3.25. The molecule has 0 spiro atoms. The molecule has 3 amide bonds. The molecule has 3 N–H and O–H groups in total. The molecule has 7 nitrogen and oxygen atoms in total. The van der Waals surface area contributed by atoms with Gasteiger partial charge in [0.2, 0.25) is 5.54 Å². The van der Waals surface area contributed by atoms with Crippen LogP contribution in [0.5, 0.6) is 0 Å². The monoisotopic (exact) mass is 493 g/mol. The Morgan fingerprint density at radius 2 is 1.94 bits per heavy atom. The minimum Gasteiger partial charge on any atom is -0.336 e. The molecule has 12 heteroatoms. The van der Waals surface area contributed by atoms with Crippen molar-refractivity contribution >= 4 is 44.3 Å². The van der Waals surface area contributed by atoms with Crippen LogP contribution in [0.15, 0.2) is 42.5 Å². The molecule has 0 radical (unpaired) electrons. The molecule has 3 heterocycles. The van der Waals surface area contributed by atoms with Gasteiger partial charge in [0.25, 0.3) is 5.91 Å². The molecule has 0 bridgehead atoms. The van der Waals surface area contributed by atoms with E-state index >= 15 is 0 Å². The highest BCUT2D eigenvalue weighted by atomic mass is 32.1. The lowest BCUT2D eigenvalue weighted by Crippen LogP contribution is -2.70. The number of thiazole rings is 1. The standard InChI is InChI=1S/C22H19F4N5O2S/c23-13-4-6-14(7-5-13)28-19(33)30-20-29-16-8-3-12(10-17(16)34-20)21(22(24,25)26)18(32)31-9-1-2-15(31)11-27-21/h3-8,10,15,27H,1-2,9,11H2,(H2,28,29,30,33)/t15-,21-/m1/s1. The minimum absolute atomic E-state index is 0.0579. The van der Waals surface area contributed by atoms with Crippen LogP contribution in [0.4, 0.5) is 33.2 Å². The van der Waals surface area contributed by atoms with Gasteiger partial charge in [-0.15, -0.1) is 0 Å². The third-order valence-corrected chi connectivity index (χ3v) is 7.06. The number of carbonyl (C=O) groups excluding carboxylic acids is 2. The van der Waals surface area contributed by atoms with Crippen LogP contribution in [0.25, 0.3) is 10.2 Å². The Morgan fingerprint density at radius 1 is 1.18 bits per heavy atom. The topological polar surface area (TPSA) is 86.4 Å². The highest BCUT2D eigenvalue weighted by molar-refractivity contribution is 7.22. The summed E-state index contributed by atoms with van der Waals surface area (Å²) < 4.78 is 56.6. The predicted molar refractivity (Wildman–Crippen MR) is 119 cm³/mol. The number of amides is 3. The van der Waals surface area contributed by atoms with E-state index in [1.54, 1.807) is 0 Å². The van der Waals surface area contributed by atoms with Crippen molar-refractivity contribution in [3.8, 4) is 0 Å². The Bertz CT molecular complexity index is 1260. The first-order valence-corrected chi connectivity index (χ1v) is 11.4. The zero-order chi connectivity index (χ0) is 24.1. The van der Waals surface area contributed by atoms with E-state index in [0.717, 1.165) is 11.3 Å². The number of hydrogen-bond acceptors (Lipinski definition) is 5. The molecule has 2 aliphatic rings. The van der Waals surface area contributed by atoms with Gasteiger partial charge in [0.05, 0.1) is 10.2 Å². The lowest BCUT2D eigenvalue weighted by atomic mass is 9.84. The predicted octanol–water partition coefficient (Wildman–Crippen LogP) is 4.43. The summed E-state index contributed by atoms with van der Waals surface area (Å²) in [6.07, 6.45) is -3.50. The third-order valence-electron chi connectivity index (χ3n) is 6.13. The number of piperazine rings is 1. The molecular weight excluding hydrogens is 474 g/mol. The fraction of sp³-hybridized carbons (Fsp3) is 0.318. The summed E-state index contributed by atoms with van der Waals surface area (Å²) in [5, 5.41) is 7.71. The number of aromatic nitrogens is 1. The molecular formula is C22H19F4N5O2S. The van der Waals surface area contributed by atoms with Gasteiger partial charge in [-0.25, -0.2) is 14.2 Å². The summed E-state index contributed by atoms with van der Waals surface area (Å²) in [6, 6.07) is 8.23. The maximum atomic E-state index is 14.4. The number of nitrogens with one attached hydrogen (secondary N) is 3. The Kier molecular flexibility index (Phi) is 5.44. The van der Waals surface area contributed by atoms with Crippen molar-refractivity contribution in [1.82, 2.24) is 15.2 Å². The van der Waals surface area contributed by atoms with E-state index in [4.69, 9.17) is 0 Å². The second-order valence-corrected chi connectivity index (χ2v) is 9.24. The van der Waals surface area contributed by atoms with Crippen molar-refractivity contribution in [2.45, 2.75) is 30.6 Å². The zero-order valence-electron chi connectivity index (χ0n) is 17.6. The maximum absolute atomic E-state index is 14.4. The number of anilines is 2. The SMILES string of the molecule is O=C(Nc1ccc(F)cc1)Nc1nc2ccc([C@@]3(C(F)(F)F)NC[C@H]4CCCN4C3=O)cc2s1. The van der Waals surface area contributed by atoms with Crippen LogP contribution < -0.4 is 16.0 Å². The number of carbonyl (C=O) groups is 2. The number of rotatable bonds is 3. The normalized spacial score (nSPS) is 22.6. The molecule has 2 saturated heterocycles. The number of hydrogen-bond donors (Lipinski definition) is 3. The summed E-state index contributed by atoms with van der Waals surface area (Å²) >= 11 is 0.984. The number of alkyl halides is 3. The van der Waals surface area contributed by atoms with E-state index in [-0.39, 0.29) is 23.3 Å². The Morgan fingerprint density at radius 3 is 2.68 bits per heavy atom. The quantitative estimate of drug-likeness (QED) is 0.471. The number of fused-ring (bicyclic) bond motifs is 2. The molecule has 0 aliphatic carbocycles. The van der Waals surface area contributed by atoms with Gasteiger partial charge in [0.1, 0.15) is 5.82 Å². The van der Waals surface area contributed by atoms with Crippen molar-refractivity contribution < 1.29 is 27.2 Å². The fourth-order valence-corrected chi connectivity index (χ4v) is 5.39. The maximum Gasteiger partial charge on any atom is 0.419 e. The summed E-state index contributed by atoms with van der Waals surface area (Å²) in [5.74, 6) is -1.44. The van der Waals surface area contributed by atoms with Crippen LogP contribution in [-0.2, 0) is 10.3 Å². The number of urea groups is 1. The van der Waals surface area contributed by atoms with E-state index < -0.39 is 29.5 Å². The molecule has 3 aromatic rings. The van der Waals surface area contributed by atoms with Crippen molar-refractivity contribution in [2.24, 2.45) is 0 Å². The summed E-state index contributed by atoms with van der Waals surface area (Å²) in [7, 11) is 0. The van der Waals surface area contributed by atoms with E-state index in [1.807, 2.05) is 0 Å². The first kappa shape index (κ1) is 22.5. The van der Waals surface area contributed by atoms with Gasteiger partial charge < -0.3 is 10.2 Å². The van der Waals surface area contributed by atoms with Gasteiger partial charge in [0.15, 0.2) is 5.13 Å². The van der Waals surface area contributed by atoms with Crippen LogP contribution in [-0.4, -0.2) is 47.1 Å². The molecule has 2 fully saturated rings. The Balaban J connectivity index is 1.42. The Labute approximate surface area is 195 Å². The number of halogens is 4. The highest BCUT2D eigenvalue weighted by Gasteiger charge is 2.65. The van der Waals surface area contributed by atoms with Crippen molar-refractivity contribution in [1.29, 1.82) is 0 Å². The largest absolute Gasteiger partial charge is 0.419 e. The van der Waals surface area contributed by atoms with Gasteiger partial charge >= 0.3 is 12.2 Å². The first-order valence-electron chi connectivity index (χ1n) is 10.5. The number of nitrogens with zero attached hydrogens (tertiary/aromatic N) is 2. The highest BCUT2D eigenvalue weighted by Crippen LogP contribution is 2.45. The van der Waals surface area contributed by atoms with E-state index in [1.165, 1.54) is 47.4 Å². The van der Waals surface area contributed by atoms with Crippen LogP contribution >= 0.6 is 11.3 Å². The van der Waals surface area contributed by atoms with Gasteiger partial charge in [-0.1, -0.05) is 17.4 Å². The van der Waals surface area contributed by atoms with Gasteiger partial charge in [-0.05, 0) is 54.8 Å². The van der Waals surface area contributed by atoms with Crippen molar-refractivity contribution in [3.05, 3.63) is 53.8 Å². The van der Waals surface area contributed by atoms with Gasteiger partial charge in [-0.2, -0.15) is 13.2 Å². The third kappa shape index (κ3) is 3.76. The van der Waals surface area contributed by atoms with Gasteiger partial charge in [-0.3, -0.25) is 15.4 Å². The van der Waals surface area contributed by atoms with E-state index in [0.29, 0.717) is 35.3 Å². The second-order valence-electron chi connectivity index (χ2n) is 8.21. The second kappa shape index (κ2) is 8.20. The van der Waals surface area contributed by atoms with Crippen molar-refractivity contribution in [2.75, 3.05) is 23.7 Å². The van der Waals surface area contributed by atoms with Crippen molar-refractivity contribution in [3.63, 3.8) is 0 Å². The fourth-order valence-electron chi connectivity index (χ4n) is 4.49. The summed E-state index contributed by atoms with van der Waals surface area (Å²) in [4.78, 5) is 30.9. The van der Waals surface area contributed by atoms with Gasteiger partial charge in [0, 0.05) is 24.8 Å². The van der Waals surface area contributed by atoms with Crippen LogP contribution in [0.3, 0.4) is 0 Å². The van der Waals surface area contributed by atoms with E-state index in [9.17, 15) is 27.2 Å². The lowest BCUT2D eigenvalue weighted by Gasteiger charge is -2.45. The zero-order valence-corrected chi connectivity index (χ0v) is 18.4.